The van der Waals surface area contributed by atoms with Gasteiger partial charge in [-0.25, -0.2) is 14.8 Å². The van der Waals surface area contributed by atoms with E-state index in [0.717, 1.165) is 18.3 Å². The van der Waals surface area contributed by atoms with E-state index in [0.29, 0.717) is 33.5 Å². The number of benzene rings is 3. The summed E-state index contributed by atoms with van der Waals surface area (Å²) < 4.78 is 45.5. The van der Waals surface area contributed by atoms with Crippen molar-refractivity contribution in [2.75, 3.05) is 10.6 Å². The Bertz CT molecular complexity index is 1720. The van der Waals surface area contributed by atoms with Gasteiger partial charge in [-0.1, -0.05) is 35.9 Å². The number of carbonyl (C=O) groups is 1. The molecule has 0 spiro atoms. The minimum Gasteiger partial charge on any atom is -0.454 e. The van der Waals surface area contributed by atoms with Gasteiger partial charge in [-0.3, -0.25) is 4.79 Å². The van der Waals surface area contributed by atoms with Crippen molar-refractivity contribution in [2.45, 2.75) is 6.18 Å². The maximum Gasteiger partial charge on any atom is 0.417 e. The Morgan fingerprint density at radius 3 is 2.51 bits per heavy atom. The predicted molar refractivity (Wildman–Crippen MR) is 133 cm³/mol. The quantitative estimate of drug-likeness (QED) is 0.245. The van der Waals surface area contributed by atoms with E-state index in [1.807, 2.05) is 0 Å². The number of urea groups is 1. The van der Waals surface area contributed by atoms with E-state index in [2.05, 4.69) is 25.6 Å². The molecule has 0 aliphatic carbocycles. The molecule has 186 valence electrons. The van der Waals surface area contributed by atoms with Crippen molar-refractivity contribution < 1.29 is 22.7 Å². The molecular formula is C25H15ClF3N5O3. The summed E-state index contributed by atoms with van der Waals surface area (Å²) in [6.45, 7) is 0. The summed E-state index contributed by atoms with van der Waals surface area (Å²) in [5.41, 5.74) is -0.513. The van der Waals surface area contributed by atoms with E-state index in [1.54, 1.807) is 42.5 Å². The molecule has 0 fully saturated rings. The molecule has 0 saturated heterocycles. The number of aromatic amines is 1. The second kappa shape index (κ2) is 9.43. The summed E-state index contributed by atoms with van der Waals surface area (Å²) in [5.74, 6) is 0.794. The van der Waals surface area contributed by atoms with Gasteiger partial charge in [-0.2, -0.15) is 13.2 Å². The van der Waals surface area contributed by atoms with Gasteiger partial charge >= 0.3 is 12.2 Å². The lowest BCUT2D eigenvalue weighted by Gasteiger charge is -2.15. The fourth-order valence-corrected chi connectivity index (χ4v) is 3.92. The number of fused-ring (bicyclic) bond motifs is 2. The Hall–Kier alpha value is -4.64. The standard InChI is InChI=1S/C25H15ClF3N5O3/c26-17-6-5-13(11-16(17)25(27,28)29)32-24(36)33-18-7-8-19(15-4-2-1-3-14(15)18)37-20-9-10-30-23-22(20)31-12-21(35)34-23/h1-12H,(H,30,34,35)(H2,32,33,36). The first-order chi connectivity index (χ1) is 17.7. The van der Waals surface area contributed by atoms with E-state index in [9.17, 15) is 22.8 Å². The Morgan fingerprint density at radius 2 is 1.73 bits per heavy atom. The van der Waals surface area contributed by atoms with Crippen molar-refractivity contribution in [1.82, 2.24) is 15.0 Å². The number of hydrogen-bond acceptors (Lipinski definition) is 5. The van der Waals surface area contributed by atoms with Gasteiger partial charge in [0.2, 0.25) is 0 Å². The highest BCUT2D eigenvalue weighted by Crippen LogP contribution is 2.37. The Labute approximate surface area is 211 Å². The van der Waals surface area contributed by atoms with Crippen molar-refractivity contribution in [3.05, 3.63) is 94.0 Å². The zero-order valence-corrected chi connectivity index (χ0v) is 19.3. The van der Waals surface area contributed by atoms with E-state index in [1.165, 1.54) is 12.3 Å². The first-order valence-corrected chi connectivity index (χ1v) is 11.1. The van der Waals surface area contributed by atoms with Crippen LogP contribution in [0.5, 0.6) is 11.5 Å². The van der Waals surface area contributed by atoms with Gasteiger partial charge < -0.3 is 20.4 Å². The van der Waals surface area contributed by atoms with Crippen LogP contribution in [0.4, 0.5) is 29.3 Å². The highest BCUT2D eigenvalue weighted by Gasteiger charge is 2.33. The van der Waals surface area contributed by atoms with Gasteiger partial charge in [-0.15, -0.1) is 0 Å². The van der Waals surface area contributed by atoms with E-state index < -0.39 is 28.4 Å². The van der Waals surface area contributed by atoms with Crippen molar-refractivity contribution >= 4 is 50.9 Å². The first kappa shape index (κ1) is 24.1. The molecule has 0 radical (unpaired) electrons. The Kier molecular flexibility index (Phi) is 6.14. The number of H-pyrrole nitrogens is 1. The van der Waals surface area contributed by atoms with Crippen LogP contribution in [0.1, 0.15) is 5.56 Å². The molecule has 0 bridgehead atoms. The number of nitrogens with one attached hydrogen (secondary N) is 3. The number of pyridine rings is 1. The minimum atomic E-state index is -4.66. The molecule has 0 unspecified atom stereocenters. The maximum atomic E-state index is 13.1. The Balaban J connectivity index is 1.43. The largest absolute Gasteiger partial charge is 0.454 e. The van der Waals surface area contributed by atoms with Crippen molar-refractivity contribution in [3.63, 3.8) is 0 Å². The number of rotatable bonds is 4. The van der Waals surface area contributed by atoms with Crippen LogP contribution in [-0.2, 0) is 6.18 Å². The van der Waals surface area contributed by atoms with Crippen LogP contribution in [0.15, 0.2) is 77.9 Å². The molecule has 2 amide bonds. The lowest BCUT2D eigenvalue weighted by molar-refractivity contribution is -0.137. The van der Waals surface area contributed by atoms with E-state index in [-0.39, 0.29) is 11.3 Å². The van der Waals surface area contributed by atoms with Gasteiger partial charge in [0, 0.05) is 28.7 Å². The molecule has 3 aromatic carbocycles. The highest BCUT2D eigenvalue weighted by atomic mass is 35.5. The summed E-state index contributed by atoms with van der Waals surface area (Å²) >= 11 is 5.64. The third kappa shape index (κ3) is 5.02. The van der Waals surface area contributed by atoms with Gasteiger partial charge in [0.15, 0.2) is 11.4 Å². The summed E-state index contributed by atoms with van der Waals surface area (Å²) in [4.78, 5) is 34.9. The fraction of sp³-hybridized carbons (Fsp3) is 0.0400. The van der Waals surface area contributed by atoms with Crippen LogP contribution in [0.25, 0.3) is 21.9 Å². The van der Waals surface area contributed by atoms with Crippen LogP contribution in [0, 0.1) is 0 Å². The topological polar surface area (TPSA) is 109 Å². The third-order valence-electron chi connectivity index (χ3n) is 5.32. The number of hydrogen-bond donors (Lipinski definition) is 3. The zero-order valence-electron chi connectivity index (χ0n) is 18.6. The lowest BCUT2D eigenvalue weighted by atomic mass is 10.1. The summed E-state index contributed by atoms with van der Waals surface area (Å²) in [5, 5.41) is 5.82. The second-order valence-electron chi connectivity index (χ2n) is 7.78. The van der Waals surface area contributed by atoms with Gasteiger partial charge in [0.1, 0.15) is 11.3 Å². The molecule has 0 atom stereocenters. The number of amides is 2. The van der Waals surface area contributed by atoms with Gasteiger partial charge in [-0.05, 0) is 30.3 Å². The predicted octanol–water partition coefficient (Wildman–Crippen LogP) is 6.58. The highest BCUT2D eigenvalue weighted by molar-refractivity contribution is 6.31. The molecular weight excluding hydrogens is 511 g/mol. The van der Waals surface area contributed by atoms with E-state index >= 15 is 0 Å². The van der Waals surface area contributed by atoms with Crippen molar-refractivity contribution in [3.8, 4) is 11.5 Å². The zero-order chi connectivity index (χ0) is 26.2. The number of alkyl halides is 3. The molecule has 5 aromatic rings. The molecule has 2 aromatic heterocycles. The first-order valence-electron chi connectivity index (χ1n) is 10.7. The molecule has 2 heterocycles. The molecule has 37 heavy (non-hydrogen) atoms. The third-order valence-corrected chi connectivity index (χ3v) is 5.65. The fourth-order valence-electron chi connectivity index (χ4n) is 3.70. The average Bonchev–Trinajstić information content (AvgIpc) is 2.86. The number of halogens is 4. The smallest absolute Gasteiger partial charge is 0.417 e. The number of anilines is 2. The summed E-state index contributed by atoms with van der Waals surface area (Å²) in [7, 11) is 0. The van der Waals surface area contributed by atoms with Crippen molar-refractivity contribution in [1.29, 1.82) is 0 Å². The van der Waals surface area contributed by atoms with E-state index in [4.69, 9.17) is 16.3 Å². The second-order valence-corrected chi connectivity index (χ2v) is 8.19. The normalized spacial score (nSPS) is 11.5. The molecule has 0 aliphatic rings. The SMILES string of the molecule is O=C(Nc1ccc(Cl)c(C(F)(F)F)c1)Nc1ccc(Oc2ccnc3[nH]c(=O)cnc23)c2ccccc12. The number of nitrogens with zero attached hydrogens (tertiary/aromatic N) is 2. The molecule has 12 heteroatoms. The summed E-state index contributed by atoms with van der Waals surface area (Å²) in [6, 6.07) is 14.2. The van der Waals surface area contributed by atoms with Crippen LogP contribution in [0.3, 0.4) is 0 Å². The van der Waals surface area contributed by atoms with Crippen LogP contribution >= 0.6 is 11.6 Å². The minimum absolute atomic E-state index is 0.0754. The Morgan fingerprint density at radius 1 is 0.946 bits per heavy atom. The molecule has 0 aliphatic heterocycles. The van der Waals surface area contributed by atoms with Gasteiger partial charge in [0.25, 0.3) is 5.56 Å². The number of carbonyl (C=O) groups excluding carboxylic acids is 1. The molecule has 3 N–H and O–H groups in total. The lowest BCUT2D eigenvalue weighted by Crippen LogP contribution is -2.20. The number of ether oxygens (including phenoxy) is 1. The monoisotopic (exact) mass is 525 g/mol. The molecule has 8 nitrogen and oxygen atoms in total. The van der Waals surface area contributed by atoms with Gasteiger partial charge in [0.05, 0.1) is 22.5 Å². The number of aromatic nitrogens is 3. The van der Waals surface area contributed by atoms with Crippen LogP contribution in [0.2, 0.25) is 5.02 Å². The van der Waals surface area contributed by atoms with Crippen molar-refractivity contribution in [2.24, 2.45) is 0 Å². The van der Waals surface area contributed by atoms with Crippen LogP contribution in [-0.4, -0.2) is 21.0 Å². The summed E-state index contributed by atoms with van der Waals surface area (Å²) in [6.07, 6.45) is -2.07. The molecule has 0 saturated carbocycles. The van der Waals surface area contributed by atoms with Crippen LogP contribution < -0.4 is 20.9 Å². The maximum absolute atomic E-state index is 13.1. The average molecular weight is 526 g/mol. The molecule has 5 rings (SSSR count).